The van der Waals surface area contributed by atoms with Crippen LogP contribution in [0.5, 0.6) is 5.75 Å². The molecule has 1 aliphatic heterocycles. The first kappa shape index (κ1) is 30.3. The number of halogens is 2. The normalized spacial score (nSPS) is 13.8. The van der Waals surface area contributed by atoms with Crippen molar-refractivity contribution in [2.75, 3.05) is 42.5 Å². The minimum Gasteiger partial charge on any atom is -0.364 e. The van der Waals surface area contributed by atoms with Crippen LogP contribution in [0.1, 0.15) is 10.4 Å². The van der Waals surface area contributed by atoms with Crippen LogP contribution in [-0.4, -0.2) is 67.7 Å². The monoisotopic (exact) mass is 639 g/mol. The smallest absolute Gasteiger partial charge is 0.295 e. The van der Waals surface area contributed by atoms with Crippen molar-refractivity contribution in [3.63, 3.8) is 0 Å². The Morgan fingerprint density at radius 2 is 1.56 bits per heavy atom. The molecular weight excluding hydrogens is 613 g/mol. The summed E-state index contributed by atoms with van der Waals surface area (Å²) in [6.45, 7) is 2.08. The second-order valence-corrected chi connectivity index (χ2v) is 12.2. The number of carbonyl (C=O) groups is 2. The second-order valence-electron chi connectivity index (χ2n) is 9.59. The number of carbonyl (C=O) groups excluding carboxylic acids is 2. The predicted molar refractivity (Wildman–Crippen MR) is 165 cm³/mol. The predicted octanol–water partition coefficient (Wildman–Crippen LogP) is 4.97. The Labute approximate surface area is 259 Å². The number of anilines is 2. The lowest BCUT2D eigenvalue weighted by atomic mass is 10.2. The van der Waals surface area contributed by atoms with E-state index >= 15 is 0 Å². The summed E-state index contributed by atoms with van der Waals surface area (Å²) in [6, 6.07) is 23.7. The van der Waals surface area contributed by atoms with Gasteiger partial charge in [-0.1, -0.05) is 51.9 Å². The molecule has 1 aliphatic rings. The molecule has 0 unspecified atom stereocenters. The highest BCUT2D eigenvalue weighted by Crippen LogP contribution is 2.30. The number of rotatable bonds is 9. The van der Waals surface area contributed by atoms with Crippen LogP contribution >= 0.6 is 23.2 Å². The van der Waals surface area contributed by atoms with Gasteiger partial charge < -0.3 is 15.1 Å². The molecule has 5 rings (SSSR count). The summed E-state index contributed by atoms with van der Waals surface area (Å²) >= 11 is 12.1. The molecule has 3 aromatic carbocycles. The van der Waals surface area contributed by atoms with Crippen molar-refractivity contribution in [1.82, 2.24) is 14.8 Å². The van der Waals surface area contributed by atoms with E-state index in [4.69, 9.17) is 28.0 Å². The second kappa shape index (κ2) is 13.4. The van der Waals surface area contributed by atoms with Crippen LogP contribution in [0.2, 0.25) is 10.0 Å². The first-order valence-corrected chi connectivity index (χ1v) is 15.5. The lowest BCUT2D eigenvalue weighted by Crippen LogP contribution is -2.50. The molecule has 1 N–H and O–H groups in total. The van der Waals surface area contributed by atoms with Crippen LogP contribution in [0.25, 0.3) is 0 Å². The Balaban J connectivity index is 1.24. The van der Waals surface area contributed by atoms with Crippen LogP contribution in [-0.2, 0) is 14.8 Å². The molecule has 13 heteroatoms. The van der Waals surface area contributed by atoms with Crippen molar-refractivity contribution in [1.29, 1.82) is 0 Å². The zero-order chi connectivity index (χ0) is 30.4. The van der Waals surface area contributed by atoms with E-state index < -0.39 is 10.0 Å². The summed E-state index contributed by atoms with van der Waals surface area (Å²) in [5.74, 6) is 0.248. The standard InChI is InChI=1S/C30H27Cl2N5O5S/c31-26-14-11-24(20-27(26)32)42-37(23-6-2-1-3-7-23)43(40,41)25-12-9-22(10-13-25)30(39)36-18-16-35(17-19-36)21-29(38)34-28-8-4-5-15-33-28/h1-15,20H,16-19,21H2,(H,33,34,38). The van der Waals surface area contributed by atoms with Crippen LogP contribution in [0, 0.1) is 0 Å². The van der Waals surface area contributed by atoms with E-state index in [0.29, 0.717) is 42.6 Å². The number of hydrogen-bond donors (Lipinski definition) is 1. The molecule has 1 aromatic heterocycles. The lowest BCUT2D eigenvalue weighted by molar-refractivity contribution is -0.117. The molecule has 0 saturated carbocycles. The number of benzene rings is 3. The van der Waals surface area contributed by atoms with Crippen LogP contribution < -0.4 is 14.6 Å². The van der Waals surface area contributed by atoms with E-state index in [1.165, 1.54) is 42.5 Å². The molecule has 1 fully saturated rings. The third-order valence-corrected chi connectivity index (χ3v) is 8.95. The Hall–Kier alpha value is -4.16. The van der Waals surface area contributed by atoms with Gasteiger partial charge in [-0.05, 0) is 60.7 Å². The van der Waals surface area contributed by atoms with E-state index in [2.05, 4.69) is 10.3 Å². The van der Waals surface area contributed by atoms with Crippen molar-refractivity contribution < 1.29 is 22.8 Å². The molecule has 43 heavy (non-hydrogen) atoms. The molecule has 222 valence electrons. The minimum atomic E-state index is -4.22. The van der Waals surface area contributed by atoms with Crippen LogP contribution in [0.3, 0.4) is 0 Å². The summed E-state index contributed by atoms with van der Waals surface area (Å²) in [5.41, 5.74) is 0.609. The largest absolute Gasteiger partial charge is 0.364 e. The van der Waals surface area contributed by atoms with Crippen molar-refractivity contribution in [3.8, 4) is 5.75 Å². The van der Waals surface area contributed by atoms with Gasteiger partial charge in [0.2, 0.25) is 5.91 Å². The highest BCUT2D eigenvalue weighted by atomic mass is 35.5. The third kappa shape index (κ3) is 7.44. The lowest BCUT2D eigenvalue weighted by Gasteiger charge is -2.34. The molecule has 4 aromatic rings. The van der Waals surface area contributed by atoms with E-state index in [1.54, 1.807) is 59.6 Å². The number of nitrogens with zero attached hydrogens (tertiary/aromatic N) is 4. The van der Waals surface area contributed by atoms with Gasteiger partial charge in [0.05, 0.1) is 27.2 Å². The number of sulfonamides is 1. The van der Waals surface area contributed by atoms with E-state index in [-0.39, 0.29) is 39.7 Å². The molecule has 0 atom stereocenters. The summed E-state index contributed by atoms with van der Waals surface area (Å²) in [7, 11) is -4.22. The van der Waals surface area contributed by atoms with E-state index in [1.807, 2.05) is 4.90 Å². The highest BCUT2D eigenvalue weighted by molar-refractivity contribution is 7.92. The number of nitrogens with one attached hydrogen (secondary N) is 1. The maximum absolute atomic E-state index is 13.7. The van der Waals surface area contributed by atoms with Crippen molar-refractivity contribution in [3.05, 3.63) is 113 Å². The van der Waals surface area contributed by atoms with Crippen LogP contribution in [0.4, 0.5) is 11.5 Å². The number of hydrogen-bond acceptors (Lipinski definition) is 7. The molecule has 2 heterocycles. The van der Waals surface area contributed by atoms with Crippen molar-refractivity contribution in [2.45, 2.75) is 4.90 Å². The maximum atomic E-state index is 13.7. The minimum absolute atomic E-state index is 0.0725. The molecule has 10 nitrogen and oxygen atoms in total. The number of piperazine rings is 1. The SMILES string of the molecule is O=C(CN1CCN(C(=O)c2ccc(S(=O)(=O)N(Oc3ccc(Cl)c(Cl)c3)c3ccccc3)cc2)CC1)Nc1ccccn1. The molecule has 0 radical (unpaired) electrons. The first-order chi connectivity index (χ1) is 20.7. The maximum Gasteiger partial charge on any atom is 0.295 e. The fraction of sp³-hybridized carbons (Fsp3) is 0.167. The summed E-state index contributed by atoms with van der Waals surface area (Å²) in [4.78, 5) is 39.0. The van der Waals surface area contributed by atoms with Crippen LogP contribution in [0.15, 0.2) is 102 Å². The van der Waals surface area contributed by atoms with Gasteiger partial charge in [-0.2, -0.15) is 8.42 Å². The zero-order valence-electron chi connectivity index (χ0n) is 22.8. The fourth-order valence-corrected chi connectivity index (χ4v) is 5.94. The number of para-hydroxylation sites is 1. The van der Waals surface area contributed by atoms with Gasteiger partial charge in [0.25, 0.3) is 15.9 Å². The third-order valence-electron chi connectivity index (χ3n) is 6.62. The number of aromatic nitrogens is 1. The Morgan fingerprint density at radius 1 is 0.860 bits per heavy atom. The molecular formula is C30H27Cl2N5O5S. The molecule has 0 aliphatic carbocycles. The Bertz CT molecular complexity index is 1690. The van der Waals surface area contributed by atoms with Gasteiger partial charge in [-0.3, -0.25) is 14.5 Å². The van der Waals surface area contributed by atoms with Gasteiger partial charge >= 0.3 is 0 Å². The zero-order valence-corrected chi connectivity index (χ0v) is 25.1. The summed E-state index contributed by atoms with van der Waals surface area (Å²) in [6.07, 6.45) is 1.60. The number of amides is 2. The number of pyridine rings is 1. The van der Waals surface area contributed by atoms with E-state index in [9.17, 15) is 18.0 Å². The molecule has 0 bridgehead atoms. The molecule has 0 spiro atoms. The van der Waals surface area contributed by atoms with Gasteiger partial charge in [0.15, 0.2) is 5.75 Å². The Kier molecular flexibility index (Phi) is 9.46. The average molecular weight is 641 g/mol. The topological polar surface area (TPSA) is 112 Å². The van der Waals surface area contributed by atoms with Gasteiger partial charge in [0.1, 0.15) is 5.82 Å². The summed E-state index contributed by atoms with van der Waals surface area (Å²) in [5, 5.41) is 3.27. The highest BCUT2D eigenvalue weighted by Gasteiger charge is 2.29. The average Bonchev–Trinajstić information content (AvgIpc) is 3.02. The Morgan fingerprint density at radius 3 is 2.21 bits per heavy atom. The van der Waals surface area contributed by atoms with Crippen molar-refractivity contribution in [2.24, 2.45) is 0 Å². The van der Waals surface area contributed by atoms with Crippen molar-refractivity contribution >= 4 is 56.5 Å². The molecule has 2 amide bonds. The van der Waals surface area contributed by atoms with E-state index in [0.717, 1.165) is 4.47 Å². The molecule has 1 saturated heterocycles. The van der Waals surface area contributed by atoms with Gasteiger partial charge in [-0.15, -0.1) is 0 Å². The first-order valence-electron chi connectivity index (χ1n) is 13.3. The quantitative estimate of drug-likeness (QED) is 0.257. The van der Waals surface area contributed by atoms with Gasteiger partial charge in [0, 0.05) is 44.0 Å². The fourth-order valence-electron chi connectivity index (χ4n) is 4.40. The summed E-state index contributed by atoms with van der Waals surface area (Å²) < 4.78 is 28.2. The van der Waals surface area contributed by atoms with Gasteiger partial charge in [-0.25, -0.2) is 4.98 Å².